The Morgan fingerprint density at radius 1 is 1.38 bits per heavy atom. The van der Waals surface area contributed by atoms with E-state index in [1.807, 2.05) is 0 Å². The molecule has 1 heterocycles. The van der Waals surface area contributed by atoms with E-state index in [0.717, 1.165) is 6.42 Å². The Morgan fingerprint density at radius 2 is 2.23 bits per heavy atom. The number of nitrogens with zero attached hydrogens (tertiary/aromatic N) is 1. The molecule has 0 N–H and O–H groups in total. The molecule has 0 aliphatic carbocycles. The van der Waals surface area contributed by atoms with Gasteiger partial charge in [-0.2, -0.15) is 0 Å². The van der Waals surface area contributed by atoms with Gasteiger partial charge in [0.05, 0.1) is 0 Å². The van der Waals surface area contributed by atoms with E-state index >= 15 is 0 Å². The zero-order chi connectivity index (χ0) is 9.10. The highest BCUT2D eigenvalue weighted by atomic mass is 15.3. The molecule has 1 saturated heterocycles. The Kier molecular flexibility index (Phi) is 2.35. The van der Waals surface area contributed by atoms with Crippen LogP contribution in [0.4, 0.5) is 5.69 Å². The van der Waals surface area contributed by atoms with Crippen LogP contribution in [0.1, 0.15) is 18.9 Å². The van der Waals surface area contributed by atoms with Crippen LogP contribution in [0.25, 0.3) is 6.08 Å². The van der Waals surface area contributed by atoms with E-state index in [1.165, 1.54) is 24.3 Å². The fraction of sp³-hybridized carbons (Fsp3) is 0.333. The van der Waals surface area contributed by atoms with E-state index in [9.17, 15) is 0 Å². The van der Waals surface area contributed by atoms with E-state index in [0.29, 0.717) is 0 Å². The van der Waals surface area contributed by atoms with Gasteiger partial charge in [-0.15, -0.1) is 0 Å². The van der Waals surface area contributed by atoms with E-state index in [4.69, 9.17) is 0 Å². The molecule has 0 aromatic heterocycles. The summed E-state index contributed by atoms with van der Waals surface area (Å²) in [7, 11) is 0. The second-order valence-electron chi connectivity index (χ2n) is 3.39. The lowest BCUT2D eigenvalue weighted by molar-refractivity contribution is 1.23. The van der Waals surface area contributed by atoms with Crippen molar-refractivity contribution in [1.82, 2.24) is 0 Å². The molecule has 0 unspecified atom stereocenters. The molecule has 0 bridgehead atoms. The van der Waals surface area contributed by atoms with Crippen LogP contribution in [0.3, 0.4) is 0 Å². The summed E-state index contributed by atoms with van der Waals surface area (Å²) in [6, 6.07) is 8.71. The molecule has 1 aliphatic heterocycles. The summed E-state index contributed by atoms with van der Waals surface area (Å²) in [5, 5.41) is 0. The van der Waals surface area contributed by atoms with Gasteiger partial charge in [0, 0.05) is 18.8 Å². The Balaban J connectivity index is 2.16. The standard InChI is InChI=1S/C12H15N/c1-2-3-5-11-6-4-7-12(10-11)13-8-9-13/h3-7,10H,2,8-9H2,1H3. The van der Waals surface area contributed by atoms with Crippen molar-refractivity contribution in [3.8, 4) is 0 Å². The molecule has 1 aliphatic rings. The minimum Gasteiger partial charge on any atom is -0.368 e. The zero-order valence-corrected chi connectivity index (χ0v) is 8.03. The van der Waals surface area contributed by atoms with Crippen LogP contribution in [-0.2, 0) is 0 Å². The molecule has 0 radical (unpaired) electrons. The first kappa shape index (κ1) is 8.36. The lowest BCUT2D eigenvalue weighted by atomic mass is 10.2. The Hall–Kier alpha value is -1.24. The molecule has 68 valence electrons. The molecule has 0 spiro atoms. The number of benzene rings is 1. The third-order valence-corrected chi connectivity index (χ3v) is 2.23. The smallest absolute Gasteiger partial charge is 0.0373 e. The highest BCUT2D eigenvalue weighted by Crippen LogP contribution is 2.22. The van der Waals surface area contributed by atoms with Crippen LogP contribution < -0.4 is 4.90 Å². The van der Waals surface area contributed by atoms with Gasteiger partial charge in [0.1, 0.15) is 0 Å². The van der Waals surface area contributed by atoms with Crippen molar-refractivity contribution in [3.63, 3.8) is 0 Å². The van der Waals surface area contributed by atoms with Gasteiger partial charge in [0.25, 0.3) is 0 Å². The number of rotatable bonds is 3. The fourth-order valence-electron chi connectivity index (χ4n) is 1.39. The van der Waals surface area contributed by atoms with Gasteiger partial charge < -0.3 is 4.90 Å². The van der Waals surface area contributed by atoms with Gasteiger partial charge in [-0.05, 0) is 24.1 Å². The van der Waals surface area contributed by atoms with Gasteiger partial charge in [0.2, 0.25) is 0 Å². The molecule has 0 amide bonds. The predicted octanol–water partition coefficient (Wildman–Crippen LogP) is 2.93. The van der Waals surface area contributed by atoms with Crippen LogP contribution in [0, 0.1) is 0 Å². The number of hydrogen-bond acceptors (Lipinski definition) is 1. The van der Waals surface area contributed by atoms with Crippen molar-refractivity contribution in [1.29, 1.82) is 0 Å². The van der Waals surface area contributed by atoms with Gasteiger partial charge in [-0.1, -0.05) is 31.2 Å². The van der Waals surface area contributed by atoms with Crippen LogP contribution in [0.5, 0.6) is 0 Å². The second kappa shape index (κ2) is 3.65. The van der Waals surface area contributed by atoms with Crippen LogP contribution >= 0.6 is 0 Å². The largest absolute Gasteiger partial charge is 0.368 e. The van der Waals surface area contributed by atoms with Crippen molar-refractivity contribution in [2.24, 2.45) is 0 Å². The monoisotopic (exact) mass is 173 g/mol. The third kappa shape index (κ3) is 2.11. The highest BCUT2D eigenvalue weighted by molar-refractivity contribution is 5.60. The van der Waals surface area contributed by atoms with Gasteiger partial charge >= 0.3 is 0 Å². The van der Waals surface area contributed by atoms with Crippen LogP contribution in [0.15, 0.2) is 30.3 Å². The maximum atomic E-state index is 2.36. The van der Waals surface area contributed by atoms with E-state index < -0.39 is 0 Å². The zero-order valence-electron chi connectivity index (χ0n) is 8.03. The van der Waals surface area contributed by atoms with Gasteiger partial charge in [-0.3, -0.25) is 0 Å². The normalized spacial score (nSPS) is 15.3. The van der Waals surface area contributed by atoms with E-state index in [2.05, 4.69) is 48.2 Å². The minimum atomic E-state index is 1.11. The highest BCUT2D eigenvalue weighted by Gasteiger charge is 2.17. The minimum absolute atomic E-state index is 1.11. The molecule has 0 atom stereocenters. The van der Waals surface area contributed by atoms with Crippen molar-refractivity contribution in [2.45, 2.75) is 13.3 Å². The number of anilines is 1. The maximum Gasteiger partial charge on any atom is 0.0373 e. The first-order chi connectivity index (χ1) is 6.40. The summed E-state index contributed by atoms with van der Waals surface area (Å²) < 4.78 is 0. The summed E-state index contributed by atoms with van der Waals surface area (Å²) >= 11 is 0. The molecular weight excluding hydrogens is 158 g/mol. The van der Waals surface area contributed by atoms with Crippen molar-refractivity contribution >= 4 is 11.8 Å². The quantitative estimate of drug-likeness (QED) is 0.635. The SMILES string of the molecule is CCC=Cc1cccc(N2CC2)c1. The predicted molar refractivity (Wildman–Crippen MR) is 58.0 cm³/mol. The average molecular weight is 173 g/mol. The first-order valence-electron chi connectivity index (χ1n) is 4.91. The Bertz CT molecular complexity index is 311. The maximum absolute atomic E-state index is 2.36. The molecule has 13 heavy (non-hydrogen) atoms. The van der Waals surface area contributed by atoms with Crippen molar-refractivity contribution < 1.29 is 0 Å². The summed E-state index contributed by atoms with van der Waals surface area (Å²) in [5.74, 6) is 0. The lowest BCUT2D eigenvalue weighted by Crippen LogP contribution is -1.89. The Morgan fingerprint density at radius 3 is 2.92 bits per heavy atom. The summed E-state index contributed by atoms with van der Waals surface area (Å²) in [6.07, 6.45) is 5.49. The molecule has 1 aromatic rings. The van der Waals surface area contributed by atoms with E-state index in [-0.39, 0.29) is 0 Å². The van der Waals surface area contributed by atoms with Gasteiger partial charge in [-0.25, -0.2) is 0 Å². The van der Waals surface area contributed by atoms with Crippen LogP contribution in [0.2, 0.25) is 0 Å². The molecule has 0 saturated carbocycles. The molecular formula is C12H15N. The summed E-state index contributed by atoms with van der Waals surface area (Å²) in [4.78, 5) is 2.36. The summed E-state index contributed by atoms with van der Waals surface area (Å²) in [6.45, 7) is 4.60. The molecule has 1 nitrogen and oxygen atoms in total. The fourth-order valence-corrected chi connectivity index (χ4v) is 1.39. The molecule has 2 rings (SSSR count). The summed E-state index contributed by atoms with van der Waals surface area (Å²) in [5.41, 5.74) is 2.67. The average Bonchev–Trinajstić information content (AvgIpc) is 2.98. The first-order valence-corrected chi connectivity index (χ1v) is 4.91. The number of hydrogen-bond donors (Lipinski definition) is 0. The molecule has 1 fully saturated rings. The number of allylic oxidation sites excluding steroid dienone is 1. The third-order valence-electron chi connectivity index (χ3n) is 2.23. The van der Waals surface area contributed by atoms with Crippen molar-refractivity contribution in [2.75, 3.05) is 18.0 Å². The van der Waals surface area contributed by atoms with Crippen molar-refractivity contribution in [3.05, 3.63) is 35.9 Å². The lowest BCUT2D eigenvalue weighted by Gasteiger charge is -2.02. The molecule has 1 heteroatoms. The molecule has 1 aromatic carbocycles. The second-order valence-corrected chi connectivity index (χ2v) is 3.39. The van der Waals surface area contributed by atoms with E-state index in [1.54, 1.807) is 0 Å². The van der Waals surface area contributed by atoms with Gasteiger partial charge in [0.15, 0.2) is 0 Å². The Labute approximate surface area is 79.7 Å². The van der Waals surface area contributed by atoms with Crippen LogP contribution in [-0.4, -0.2) is 13.1 Å². The topological polar surface area (TPSA) is 3.01 Å².